The van der Waals surface area contributed by atoms with Crippen molar-refractivity contribution in [3.05, 3.63) is 38.4 Å². The van der Waals surface area contributed by atoms with Gasteiger partial charge >= 0.3 is 5.69 Å². The number of hydrogen-bond donors (Lipinski definition) is 1. The molecule has 134 valence electrons. The standard InChI is InChI=1S/C16H20N4O4S/c1-9(2)24-15-13(20(21)22)6-12(7-14(15)23-5)8-17-19-16-18-10(3)11(4)25-16/h6-9H,1-5H3,(H,18,19)/b17-8-. The van der Waals surface area contributed by atoms with Crippen LogP contribution in [0.1, 0.15) is 30.0 Å². The Balaban J connectivity index is 2.29. The number of aromatic nitrogens is 1. The zero-order valence-corrected chi connectivity index (χ0v) is 15.5. The molecular formula is C16H20N4O4S. The normalized spacial score (nSPS) is 11.1. The molecule has 25 heavy (non-hydrogen) atoms. The summed E-state index contributed by atoms with van der Waals surface area (Å²) in [7, 11) is 1.44. The van der Waals surface area contributed by atoms with Gasteiger partial charge in [-0.2, -0.15) is 5.10 Å². The minimum atomic E-state index is -0.501. The molecule has 0 bridgehead atoms. The maximum Gasteiger partial charge on any atom is 0.315 e. The Labute approximate surface area is 149 Å². The van der Waals surface area contributed by atoms with E-state index in [1.54, 1.807) is 19.9 Å². The van der Waals surface area contributed by atoms with Crippen LogP contribution in [0.3, 0.4) is 0 Å². The van der Waals surface area contributed by atoms with E-state index in [0.717, 1.165) is 10.6 Å². The van der Waals surface area contributed by atoms with Gasteiger partial charge in [0.05, 0.1) is 30.0 Å². The summed E-state index contributed by atoms with van der Waals surface area (Å²) in [6.45, 7) is 7.48. The van der Waals surface area contributed by atoms with E-state index in [-0.39, 0.29) is 23.3 Å². The predicted molar refractivity (Wildman–Crippen MR) is 98.2 cm³/mol. The monoisotopic (exact) mass is 364 g/mol. The Bertz CT molecular complexity index is 782. The second-order valence-electron chi connectivity index (χ2n) is 5.53. The van der Waals surface area contributed by atoms with Gasteiger partial charge in [0.25, 0.3) is 0 Å². The number of rotatable bonds is 7. The molecule has 0 fully saturated rings. The van der Waals surface area contributed by atoms with Crippen molar-refractivity contribution in [2.75, 3.05) is 12.5 Å². The number of nitrogens with zero attached hydrogens (tertiary/aromatic N) is 3. The molecule has 1 heterocycles. The first-order valence-corrected chi connectivity index (χ1v) is 8.39. The van der Waals surface area contributed by atoms with E-state index in [9.17, 15) is 10.1 Å². The Morgan fingerprint density at radius 3 is 2.64 bits per heavy atom. The summed E-state index contributed by atoms with van der Waals surface area (Å²) in [6, 6.07) is 3.03. The van der Waals surface area contributed by atoms with Crippen LogP contribution in [0.15, 0.2) is 17.2 Å². The van der Waals surface area contributed by atoms with E-state index in [1.165, 1.54) is 30.7 Å². The first kappa shape index (κ1) is 18.7. The highest BCUT2D eigenvalue weighted by molar-refractivity contribution is 7.15. The molecule has 0 saturated carbocycles. The third-order valence-corrected chi connectivity index (χ3v) is 4.21. The number of aryl methyl sites for hydroxylation is 2. The highest BCUT2D eigenvalue weighted by atomic mass is 32.1. The molecule has 0 radical (unpaired) electrons. The molecule has 0 aliphatic rings. The van der Waals surface area contributed by atoms with Crippen LogP contribution in [-0.4, -0.2) is 29.3 Å². The number of methoxy groups -OCH3 is 1. The molecule has 9 heteroatoms. The highest BCUT2D eigenvalue weighted by Crippen LogP contribution is 2.38. The lowest BCUT2D eigenvalue weighted by atomic mass is 10.2. The number of benzene rings is 1. The first-order valence-electron chi connectivity index (χ1n) is 7.58. The number of thiazole rings is 1. The van der Waals surface area contributed by atoms with Gasteiger partial charge in [0.1, 0.15) is 0 Å². The molecule has 2 aromatic rings. The summed E-state index contributed by atoms with van der Waals surface area (Å²) < 4.78 is 10.8. The molecule has 0 saturated heterocycles. The third-order valence-electron chi connectivity index (χ3n) is 3.23. The van der Waals surface area contributed by atoms with Crippen molar-refractivity contribution in [1.29, 1.82) is 0 Å². The van der Waals surface area contributed by atoms with Gasteiger partial charge in [-0.25, -0.2) is 4.98 Å². The molecule has 0 spiro atoms. The number of anilines is 1. The molecule has 0 aliphatic heterocycles. The zero-order valence-electron chi connectivity index (χ0n) is 14.7. The quantitative estimate of drug-likeness (QED) is 0.454. The smallest absolute Gasteiger partial charge is 0.315 e. The average molecular weight is 364 g/mol. The summed E-state index contributed by atoms with van der Waals surface area (Å²) in [5.41, 5.74) is 4.10. The number of nitro groups is 1. The summed E-state index contributed by atoms with van der Waals surface area (Å²) >= 11 is 1.49. The molecule has 1 aromatic heterocycles. The second-order valence-corrected chi connectivity index (χ2v) is 6.73. The topological polar surface area (TPSA) is 98.9 Å². The molecule has 1 aromatic carbocycles. The van der Waals surface area contributed by atoms with Gasteiger partial charge in [-0.05, 0) is 33.8 Å². The summed E-state index contributed by atoms with van der Waals surface area (Å²) in [5.74, 6) is 0.393. The van der Waals surface area contributed by atoms with Crippen LogP contribution < -0.4 is 14.9 Å². The SMILES string of the molecule is COc1cc(/C=N\Nc2nc(C)c(C)s2)cc([N+](=O)[O-])c1OC(C)C. The lowest BCUT2D eigenvalue weighted by Crippen LogP contribution is -2.09. The van der Waals surface area contributed by atoms with Crippen molar-refractivity contribution < 1.29 is 14.4 Å². The number of nitro benzene ring substituents is 1. The third kappa shape index (κ3) is 4.66. The van der Waals surface area contributed by atoms with Crippen LogP contribution in [0.5, 0.6) is 11.5 Å². The molecule has 1 N–H and O–H groups in total. The maximum atomic E-state index is 11.4. The minimum Gasteiger partial charge on any atom is -0.493 e. The fourth-order valence-electron chi connectivity index (χ4n) is 2.01. The van der Waals surface area contributed by atoms with Gasteiger partial charge in [-0.3, -0.25) is 15.5 Å². The van der Waals surface area contributed by atoms with Crippen LogP contribution in [0, 0.1) is 24.0 Å². The van der Waals surface area contributed by atoms with Gasteiger partial charge in [0.2, 0.25) is 10.9 Å². The molecule has 2 rings (SSSR count). The van der Waals surface area contributed by atoms with Gasteiger partial charge in [0.15, 0.2) is 5.75 Å². The maximum absolute atomic E-state index is 11.4. The Morgan fingerprint density at radius 1 is 1.40 bits per heavy atom. The molecular weight excluding hydrogens is 344 g/mol. The van der Waals surface area contributed by atoms with Crippen LogP contribution in [0.25, 0.3) is 0 Å². The predicted octanol–water partition coefficient (Wildman–Crippen LogP) is 3.91. The summed E-state index contributed by atoms with van der Waals surface area (Å²) in [6.07, 6.45) is 1.26. The van der Waals surface area contributed by atoms with Crippen molar-refractivity contribution >= 4 is 28.4 Å². The van der Waals surface area contributed by atoms with Crippen LogP contribution >= 0.6 is 11.3 Å². The molecule has 0 atom stereocenters. The van der Waals surface area contributed by atoms with E-state index in [2.05, 4.69) is 15.5 Å². The largest absolute Gasteiger partial charge is 0.493 e. The van der Waals surface area contributed by atoms with E-state index >= 15 is 0 Å². The van der Waals surface area contributed by atoms with Crippen molar-refractivity contribution in [2.24, 2.45) is 5.10 Å². The van der Waals surface area contributed by atoms with Crippen LogP contribution in [-0.2, 0) is 0 Å². The van der Waals surface area contributed by atoms with E-state index in [0.29, 0.717) is 10.7 Å². The Hall–Kier alpha value is -2.68. The second kappa shape index (κ2) is 7.93. The fourth-order valence-corrected chi connectivity index (χ4v) is 2.77. The van der Waals surface area contributed by atoms with Crippen LogP contribution in [0.4, 0.5) is 10.8 Å². The molecule has 0 aliphatic carbocycles. The summed E-state index contributed by atoms with van der Waals surface area (Å²) in [4.78, 5) is 16.3. The van der Waals surface area contributed by atoms with E-state index < -0.39 is 4.92 Å². The van der Waals surface area contributed by atoms with Crippen LogP contribution in [0.2, 0.25) is 0 Å². The van der Waals surface area contributed by atoms with E-state index in [1.807, 2.05) is 13.8 Å². The lowest BCUT2D eigenvalue weighted by Gasteiger charge is -2.14. The number of nitrogens with one attached hydrogen (secondary N) is 1. The zero-order chi connectivity index (χ0) is 18.6. The van der Waals surface area contributed by atoms with Gasteiger partial charge < -0.3 is 9.47 Å². The van der Waals surface area contributed by atoms with Gasteiger partial charge in [-0.15, -0.1) is 11.3 Å². The molecule has 0 unspecified atom stereocenters. The lowest BCUT2D eigenvalue weighted by molar-refractivity contribution is -0.386. The van der Waals surface area contributed by atoms with Gasteiger partial charge in [-0.1, -0.05) is 0 Å². The van der Waals surface area contributed by atoms with Crippen molar-refractivity contribution in [3.63, 3.8) is 0 Å². The van der Waals surface area contributed by atoms with Crippen molar-refractivity contribution in [1.82, 2.24) is 4.98 Å². The van der Waals surface area contributed by atoms with E-state index in [4.69, 9.17) is 9.47 Å². The van der Waals surface area contributed by atoms with Crippen molar-refractivity contribution in [3.8, 4) is 11.5 Å². The number of hydrogen-bond acceptors (Lipinski definition) is 8. The summed E-state index contributed by atoms with van der Waals surface area (Å²) in [5, 5.41) is 16.1. The molecule has 8 nitrogen and oxygen atoms in total. The number of hydrazone groups is 1. The average Bonchev–Trinajstić information content (AvgIpc) is 2.85. The van der Waals surface area contributed by atoms with Crippen molar-refractivity contribution in [2.45, 2.75) is 33.8 Å². The first-order chi connectivity index (χ1) is 11.8. The number of ether oxygens (including phenoxy) is 2. The molecule has 0 amide bonds. The highest BCUT2D eigenvalue weighted by Gasteiger charge is 2.22. The Morgan fingerprint density at radius 2 is 2.12 bits per heavy atom. The Kier molecular flexibility index (Phi) is 5.92. The fraction of sp³-hybridized carbons (Fsp3) is 0.375. The van der Waals surface area contributed by atoms with Gasteiger partial charge in [0, 0.05) is 16.5 Å². The minimum absolute atomic E-state index is 0.110.